The molecule has 77 heavy (non-hydrogen) atoms. The van der Waals surface area contributed by atoms with Crippen molar-refractivity contribution in [1.82, 2.24) is 4.57 Å². The van der Waals surface area contributed by atoms with Crippen LogP contribution in [0, 0.1) is 0 Å². The van der Waals surface area contributed by atoms with E-state index in [0.29, 0.717) is 0 Å². The summed E-state index contributed by atoms with van der Waals surface area (Å²) in [5.74, 6) is 0. The molecule has 0 aliphatic heterocycles. The summed E-state index contributed by atoms with van der Waals surface area (Å²) in [4.78, 5) is 2.47. The van der Waals surface area contributed by atoms with E-state index in [-0.39, 0.29) is 7.43 Å². The summed E-state index contributed by atoms with van der Waals surface area (Å²) in [6, 6.07) is 102. The van der Waals surface area contributed by atoms with Crippen LogP contribution in [0.25, 0.3) is 105 Å². The molecule has 3 nitrogen and oxygen atoms in total. The Balaban J connectivity index is 0.00000518. The lowest BCUT2D eigenvalue weighted by atomic mass is 9.70. The monoisotopic (exact) mass is 982 g/mol. The highest BCUT2D eigenvalue weighted by Gasteiger charge is 2.52. The lowest BCUT2D eigenvalue weighted by Gasteiger charge is -2.31. The van der Waals surface area contributed by atoms with Crippen LogP contribution in [0.5, 0.6) is 0 Å². The van der Waals surface area contributed by atoms with Crippen LogP contribution in [-0.2, 0) is 5.41 Å². The van der Waals surface area contributed by atoms with Crippen molar-refractivity contribution in [3.05, 3.63) is 301 Å². The number of rotatable bonds is 7. The molecule has 12 aromatic carbocycles. The molecule has 0 N–H and O–H groups in total. The molecule has 2 heterocycles. The fraction of sp³-hybridized carbons (Fsp3) is 0.0270. The van der Waals surface area contributed by atoms with Gasteiger partial charge < -0.3 is 13.9 Å². The first-order valence-electron chi connectivity index (χ1n) is 26.2. The van der Waals surface area contributed by atoms with E-state index in [1.165, 1.54) is 77.4 Å². The van der Waals surface area contributed by atoms with E-state index in [2.05, 4.69) is 289 Å². The fourth-order valence-electron chi connectivity index (χ4n) is 13.3. The van der Waals surface area contributed by atoms with Gasteiger partial charge in [-0.3, -0.25) is 0 Å². The molecule has 362 valence electrons. The van der Waals surface area contributed by atoms with Crippen LogP contribution in [0.15, 0.2) is 283 Å². The minimum absolute atomic E-state index is 0. The number of para-hydroxylation sites is 3. The Bertz CT molecular complexity index is 4590. The van der Waals surface area contributed by atoms with E-state index in [4.69, 9.17) is 4.42 Å². The van der Waals surface area contributed by atoms with Gasteiger partial charge in [-0.2, -0.15) is 0 Å². The second kappa shape index (κ2) is 17.3. The van der Waals surface area contributed by atoms with Gasteiger partial charge in [-0.05, 0) is 145 Å². The molecule has 0 saturated carbocycles. The van der Waals surface area contributed by atoms with E-state index >= 15 is 0 Å². The Morgan fingerprint density at radius 1 is 0.325 bits per heavy atom. The quantitative estimate of drug-likeness (QED) is 0.159. The molecule has 0 saturated heterocycles. The van der Waals surface area contributed by atoms with Crippen molar-refractivity contribution in [3.8, 4) is 61.3 Å². The maximum atomic E-state index is 6.86. The zero-order chi connectivity index (χ0) is 49.9. The lowest BCUT2D eigenvalue weighted by Crippen LogP contribution is -2.25. The first-order valence-corrected chi connectivity index (χ1v) is 26.2. The van der Waals surface area contributed by atoms with Crippen molar-refractivity contribution in [2.45, 2.75) is 12.8 Å². The first-order chi connectivity index (χ1) is 37.7. The average Bonchev–Trinajstić information content (AvgIpc) is 4.21. The molecule has 3 heteroatoms. The highest BCUT2D eigenvalue weighted by atomic mass is 16.3. The molecule has 0 unspecified atom stereocenters. The third-order valence-electron chi connectivity index (χ3n) is 16.4. The van der Waals surface area contributed by atoms with Crippen molar-refractivity contribution in [1.29, 1.82) is 0 Å². The van der Waals surface area contributed by atoms with Crippen LogP contribution in [-0.4, -0.2) is 4.57 Å². The summed E-state index contributed by atoms with van der Waals surface area (Å²) < 4.78 is 9.23. The molecule has 2 aliphatic rings. The zero-order valence-corrected chi connectivity index (χ0v) is 41.4. The standard InChI is InChI=1S/C73H46N2O.CH4/c1-3-19-47(20-4-1)48-37-41-52(42-38-48)75(65-33-15-10-25-55(65)57-28-17-32-64-71(57)58-27-9-14-31-63(58)73(64)61-29-12-7-23-53(61)54-24-8-13-30-62(54)73)68-35-18-36-70-72(68)60-46-50(40-44-69(60)76-70)49-39-43-67-59(45-49)56-26-11-16-34-66(56)74(67)51-21-5-2-6-22-51;/h1-46H;1H4. The molecule has 0 amide bonds. The SMILES string of the molecule is C.c1ccc(-c2ccc(N(c3ccccc3-c3cccc4c3-c3ccccc3C43c4ccccc4-c4ccccc43)c3cccc4oc5ccc(-c6ccc7c(c6)c6ccccc6n7-c6ccccc6)cc5c34)cc2)cc1. The Morgan fingerprint density at radius 2 is 0.844 bits per heavy atom. The number of anilines is 3. The molecule has 1 spiro atoms. The molecule has 0 bridgehead atoms. The smallest absolute Gasteiger partial charge is 0.137 e. The van der Waals surface area contributed by atoms with Gasteiger partial charge in [-0.15, -0.1) is 0 Å². The Labute approximate surface area is 447 Å². The summed E-state index contributed by atoms with van der Waals surface area (Å²) >= 11 is 0. The molecule has 0 fully saturated rings. The minimum Gasteiger partial charge on any atom is -0.456 e. The van der Waals surface area contributed by atoms with Crippen LogP contribution in [0.4, 0.5) is 17.1 Å². The van der Waals surface area contributed by atoms with Crippen molar-refractivity contribution < 1.29 is 4.42 Å². The fourth-order valence-corrected chi connectivity index (χ4v) is 13.3. The van der Waals surface area contributed by atoms with Crippen LogP contribution in [0.2, 0.25) is 0 Å². The molecular weight excluding hydrogens is 933 g/mol. The van der Waals surface area contributed by atoms with Crippen molar-refractivity contribution in [2.24, 2.45) is 0 Å². The van der Waals surface area contributed by atoms with Crippen molar-refractivity contribution >= 4 is 60.8 Å². The molecule has 14 aromatic rings. The third kappa shape index (κ3) is 6.44. The predicted octanol–water partition coefficient (Wildman–Crippen LogP) is 20.1. The van der Waals surface area contributed by atoms with Gasteiger partial charge in [0.05, 0.1) is 33.2 Å². The Morgan fingerprint density at radius 3 is 1.60 bits per heavy atom. The van der Waals surface area contributed by atoms with E-state index in [0.717, 1.165) is 66.9 Å². The summed E-state index contributed by atoms with van der Waals surface area (Å²) in [6.45, 7) is 0. The largest absolute Gasteiger partial charge is 0.456 e. The Hall–Kier alpha value is -9.96. The first kappa shape index (κ1) is 44.5. The topological polar surface area (TPSA) is 21.3 Å². The van der Waals surface area contributed by atoms with Crippen molar-refractivity contribution in [2.75, 3.05) is 4.90 Å². The van der Waals surface area contributed by atoms with E-state index in [1.807, 2.05) is 0 Å². The van der Waals surface area contributed by atoms with Gasteiger partial charge in [-0.25, -0.2) is 0 Å². The predicted molar refractivity (Wildman–Crippen MR) is 322 cm³/mol. The van der Waals surface area contributed by atoms with Gasteiger partial charge >= 0.3 is 0 Å². The minimum atomic E-state index is -0.459. The number of hydrogen-bond donors (Lipinski definition) is 0. The number of benzene rings is 12. The second-order valence-electron chi connectivity index (χ2n) is 20.3. The zero-order valence-electron chi connectivity index (χ0n) is 41.4. The number of furan rings is 1. The van der Waals surface area contributed by atoms with Gasteiger partial charge in [0, 0.05) is 33.1 Å². The van der Waals surface area contributed by atoms with E-state index in [9.17, 15) is 0 Å². The summed E-state index contributed by atoms with van der Waals surface area (Å²) in [7, 11) is 0. The van der Waals surface area contributed by atoms with Crippen LogP contribution >= 0.6 is 0 Å². The van der Waals surface area contributed by atoms with Gasteiger partial charge in [0.15, 0.2) is 0 Å². The van der Waals surface area contributed by atoms with Gasteiger partial charge in [0.2, 0.25) is 0 Å². The maximum absolute atomic E-state index is 6.86. The second-order valence-corrected chi connectivity index (χ2v) is 20.3. The van der Waals surface area contributed by atoms with E-state index < -0.39 is 5.41 Å². The van der Waals surface area contributed by atoms with Crippen molar-refractivity contribution in [3.63, 3.8) is 0 Å². The molecule has 2 aliphatic carbocycles. The van der Waals surface area contributed by atoms with Crippen LogP contribution in [0.1, 0.15) is 29.7 Å². The summed E-state index contributed by atoms with van der Waals surface area (Å²) in [6.07, 6.45) is 0. The van der Waals surface area contributed by atoms with Gasteiger partial charge in [0.25, 0.3) is 0 Å². The highest BCUT2D eigenvalue weighted by Crippen LogP contribution is 2.64. The third-order valence-corrected chi connectivity index (χ3v) is 16.4. The number of hydrogen-bond acceptors (Lipinski definition) is 2. The number of aromatic nitrogens is 1. The molecule has 0 atom stereocenters. The van der Waals surface area contributed by atoms with E-state index in [1.54, 1.807) is 0 Å². The molecule has 16 rings (SSSR count). The van der Waals surface area contributed by atoms with Gasteiger partial charge in [0.1, 0.15) is 11.2 Å². The molecule has 2 aromatic heterocycles. The number of nitrogens with zero attached hydrogens (tertiary/aromatic N) is 2. The normalized spacial score (nSPS) is 12.7. The molecular formula is C74H50N2O. The maximum Gasteiger partial charge on any atom is 0.137 e. The number of fused-ring (bicyclic) bond motifs is 16. The summed E-state index contributed by atoms with van der Waals surface area (Å²) in [5.41, 5.74) is 25.4. The van der Waals surface area contributed by atoms with Crippen LogP contribution < -0.4 is 4.90 Å². The highest BCUT2D eigenvalue weighted by molar-refractivity contribution is 6.16. The average molecular weight is 983 g/mol. The Kier molecular flexibility index (Phi) is 10.0. The molecule has 0 radical (unpaired) electrons. The summed E-state index contributed by atoms with van der Waals surface area (Å²) in [5, 5.41) is 4.57. The lowest BCUT2D eigenvalue weighted by molar-refractivity contribution is 0.669. The van der Waals surface area contributed by atoms with Gasteiger partial charge in [-0.1, -0.05) is 214 Å². The van der Waals surface area contributed by atoms with Crippen LogP contribution in [0.3, 0.4) is 0 Å².